The van der Waals surface area contributed by atoms with Gasteiger partial charge in [-0.05, 0) is 49.9 Å². The Balaban J connectivity index is 0.00000240. The maximum absolute atomic E-state index is 12.6. The largest absolute Gasteiger partial charge is 0.350 e. The van der Waals surface area contributed by atoms with E-state index in [2.05, 4.69) is 45.6 Å². The number of nitrogens with one attached hydrogen (secondary N) is 1. The Morgan fingerprint density at radius 2 is 1.76 bits per heavy atom. The quantitative estimate of drug-likeness (QED) is 0.671. The number of aryl methyl sites for hydroxylation is 1. The molecular formula is C23H29ClN4O. The third kappa shape index (κ3) is 5.17. The van der Waals surface area contributed by atoms with Crippen LogP contribution in [0.15, 0.2) is 54.6 Å². The molecule has 0 unspecified atom stereocenters. The van der Waals surface area contributed by atoms with Gasteiger partial charge in [-0.2, -0.15) is 5.10 Å². The molecule has 0 atom stereocenters. The average molecular weight is 413 g/mol. The van der Waals surface area contributed by atoms with Gasteiger partial charge in [-0.3, -0.25) is 9.48 Å². The second kappa shape index (κ2) is 9.90. The lowest BCUT2D eigenvalue weighted by molar-refractivity contribution is 0.0932. The lowest BCUT2D eigenvalue weighted by Gasteiger charge is -2.32. The smallest absolute Gasteiger partial charge is 0.272 e. The molecule has 0 aliphatic carbocycles. The maximum atomic E-state index is 12.6. The Kier molecular flexibility index (Phi) is 7.29. The first-order valence-electron chi connectivity index (χ1n) is 10.2. The average Bonchev–Trinajstić information content (AvgIpc) is 3.09. The number of nitrogens with zero attached hydrogens (tertiary/aromatic N) is 3. The Bertz CT molecular complexity index is 932. The van der Waals surface area contributed by atoms with Gasteiger partial charge in [-0.1, -0.05) is 48.5 Å². The molecule has 1 saturated heterocycles. The molecule has 1 fully saturated rings. The van der Waals surface area contributed by atoms with E-state index in [-0.39, 0.29) is 18.3 Å². The summed E-state index contributed by atoms with van der Waals surface area (Å²) in [5, 5.41) is 8.44. The Morgan fingerprint density at radius 1 is 1.07 bits per heavy atom. The standard InChI is InChI=1S/C23H28N4O.ClH/c1-26-21-10-6-5-9-20(21)22(25-26)23(28)24-17-19-12-15-27(16-13-19)14-11-18-7-3-2-4-8-18;/h2-10,19H,11-17H2,1H3,(H,24,28);1H. The third-order valence-corrected chi connectivity index (χ3v) is 5.79. The third-order valence-electron chi connectivity index (χ3n) is 5.79. The molecular weight excluding hydrogens is 384 g/mol. The molecule has 2 heterocycles. The Morgan fingerprint density at radius 3 is 2.52 bits per heavy atom. The second-order valence-corrected chi connectivity index (χ2v) is 7.72. The van der Waals surface area contributed by atoms with E-state index in [1.807, 2.05) is 31.3 Å². The summed E-state index contributed by atoms with van der Waals surface area (Å²) in [4.78, 5) is 15.2. The van der Waals surface area contributed by atoms with Crippen LogP contribution >= 0.6 is 12.4 Å². The number of aromatic nitrogens is 2. The predicted octanol–water partition coefficient (Wildman–Crippen LogP) is 3.68. The number of benzene rings is 2. The zero-order valence-electron chi connectivity index (χ0n) is 16.9. The van der Waals surface area contributed by atoms with Crippen molar-refractivity contribution in [2.45, 2.75) is 19.3 Å². The van der Waals surface area contributed by atoms with E-state index in [0.717, 1.165) is 56.3 Å². The summed E-state index contributed by atoms with van der Waals surface area (Å²) in [5.41, 5.74) is 2.91. The summed E-state index contributed by atoms with van der Waals surface area (Å²) in [6.45, 7) is 4.07. The van der Waals surface area contributed by atoms with Crippen LogP contribution < -0.4 is 5.32 Å². The minimum Gasteiger partial charge on any atom is -0.350 e. The number of carbonyl (C=O) groups is 1. The second-order valence-electron chi connectivity index (χ2n) is 7.72. The van der Waals surface area contributed by atoms with E-state index >= 15 is 0 Å². The van der Waals surface area contributed by atoms with Crippen LogP contribution in [0.3, 0.4) is 0 Å². The molecule has 3 aromatic rings. The van der Waals surface area contributed by atoms with E-state index < -0.39 is 0 Å². The highest BCUT2D eigenvalue weighted by molar-refractivity contribution is 6.04. The lowest BCUT2D eigenvalue weighted by atomic mass is 9.96. The monoisotopic (exact) mass is 412 g/mol. The zero-order chi connectivity index (χ0) is 19.3. The molecule has 1 aliphatic heterocycles. The first-order valence-corrected chi connectivity index (χ1v) is 10.2. The summed E-state index contributed by atoms with van der Waals surface area (Å²) >= 11 is 0. The van der Waals surface area contributed by atoms with Gasteiger partial charge in [-0.25, -0.2) is 0 Å². The fraction of sp³-hybridized carbons (Fsp3) is 0.391. The van der Waals surface area contributed by atoms with Crippen molar-refractivity contribution in [3.8, 4) is 0 Å². The van der Waals surface area contributed by atoms with Gasteiger partial charge in [0.1, 0.15) is 0 Å². The Hall–Kier alpha value is -2.37. The van der Waals surface area contributed by atoms with Crippen LogP contribution in [0.4, 0.5) is 0 Å². The number of amides is 1. The van der Waals surface area contributed by atoms with Gasteiger partial charge in [0.2, 0.25) is 0 Å². The fourth-order valence-electron chi connectivity index (χ4n) is 4.05. The van der Waals surface area contributed by atoms with Crippen molar-refractivity contribution >= 4 is 29.2 Å². The van der Waals surface area contributed by atoms with Crippen LogP contribution in [-0.2, 0) is 13.5 Å². The highest BCUT2D eigenvalue weighted by Crippen LogP contribution is 2.19. The molecule has 154 valence electrons. The number of likely N-dealkylation sites (tertiary alicyclic amines) is 1. The molecule has 5 nitrogen and oxygen atoms in total. The number of fused-ring (bicyclic) bond motifs is 1. The van der Waals surface area contributed by atoms with Crippen molar-refractivity contribution in [1.82, 2.24) is 20.0 Å². The lowest BCUT2D eigenvalue weighted by Crippen LogP contribution is -2.39. The normalized spacial score (nSPS) is 15.2. The van der Waals surface area contributed by atoms with E-state index in [1.165, 1.54) is 5.56 Å². The number of carbonyl (C=O) groups excluding carboxylic acids is 1. The van der Waals surface area contributed by atoms with Gasteiger partial charge in [0.25, 0.3) is 5.91 Å². The van der Waals surface area contributed by atoms with E-state index in [0.29, 0.717) is 11.6 Å². The predicted molar refractivity (Wildman–Crippen MR) is 120 cm³/mol. The number of para-hydroxylation sites is 1. The number of hydrogen-bond donors (Lipinski definition) is 1. The molecule has 0 saturated carbocycles. The first-order chi connectivity index (χ1) is 13.7. The van der Waals surface area contributed by atoms with Gasteiger partial charge in [0.15, 0.2) is 5.69 Å². The molecule has 6 heteroatoms. The van der Waals surface area contributed by atoms with Gasteiger partial charge in [0.05, 0.1) is 5.52 Å². The SMILES string of the molecule is Cl.Cn1nc(C(=O)NCC2CCN(CCc3ccccc3)CC2)c2ccccc21. The van der Waals surface area contributed by atoms with Crippen molar-refractivity contribution in [2.24, 2.45) is 13.0 Å². The van der Waals surface area contributed by atoms with Gasteiger partial charge >= 0.3 is 0 Å². The molecule has 0 bridgehead atoms. The van der Waals surface area contributed by atoms with Crippen LogP contribution in [0.1, 0.15) is 28.9 Å². The molecule has 0 radical (unpaired) electrons. The molecule has 4 rings (SSSR count). The topological polar surface area (TPSA) is 50.2 Å². The number of rotatable bonds is 6. The molecule has 1 aromatic heterocycles. The molecule has 29 heavy (non-hydrogen) atoms. The number of hydrogen-bond acceptors (Lipinski definition) is 3. The summed E-state index contributed by atoms with van der Waals surface area (Å²) in [7, 11) is 1.88. The Labute approximate surface area is 178 Å². The van der Waals surface area contributed by atoms with E-state index in [1.54, 1.807) is 4.68 Å². The minimum absolute atomic E-state index is 0. The molecule has 1 amide bonds. The summed E-state index contributed by atoms with van der Waals surface area (Å²) < 4.78 is 1.77. The summed E-state index contributed by atoms with van der Waals surface area (Å²) in [6, 6.07) is 18.5. The molecule has 1 N–H and O–H groups in total. The van der Waals surface area contributed by atoms with Crippen molar-refractivity contribution < 1.29 is 4.79 Å². The molecule has 1 aliphatic rings. The van der Waals surface area contributed by atoms with Gasteiger partial charge in [-0.15, -0.1) is 12.4 Å². The molecule has 0 spiro atoms. The van der Waals surface area contributed by atoms with Crippen molar-refractivity contribution in [3.05, 3.63) is 65.9 Å². The number of piperidine rings is 1. The van der Waals surface area contributed by atoms with Crippen LogP contribution in [0.2, 0.25) is 0 Å². The van der Waals surface area contributed by atoms with Crippen molar-refractivity contribution in [3.63, 3.8) is 0 Å². The summed E-state index contributed by atoms with van der Waals surface area (Å²) in [6.07, 6.45) is 3.38. The van der Waals surface area contributed by atoms with Crippen molar-refractivity contribution in [2.75, 3.05) is 26.2 Å². The van der Waals surface area contributed by atoms with Crippen molar-refractivity contribution in [1.29, 1.82) is 0 Å². The van der Waals surface area contributed by atoms with Crippen LogP contribution in [0, 0.1) is 5.92 Å². The minimum atomic E-state index is -0.0664. The van der Waals surface area contributed by atoms with E-state index in [4.69, 9.17) is 0 Å². The summed E-state index contributed by atoms with van der Waals surface area (Å²) in [5.74, 6) is 0.482. The molecule has 2 aromatic carbocycles. The first kappa shape index (κ1) is 21.3. The van der Waals surface area contributed by atoms with Crippen LogP contribution in [0.5, 0.6) is 0 Å². The maximum Gasteiger partial charge on any atom is 0.272 e. The van der Waals surface area contributed by atoms with Gasteiger partial charge in [0, 0.05) is 25.5 Å². The highest BCUT2D eigenvalue weighted by Gasteiger charge is 2.21. The van der Waals surface area contributed by atoms with Gasteiger partial charge < -0.3 is 10.2 Å². The van der Waals surface area contributed by atoms with E-state index in [9.17, 15) is 4.79 Å². The fourth-order valence-corrected chi connectivity index (χ4v) is 4.05. The number of halogens is 1. The van der Waals surface area contributed by atoms with Crippen LogP contribution in [-0.4, -0.2) is 46.8 Å². The van der Waals surface area contributed by atoms with Crippen LogP contribution in [0.25, 0.3) is 10.9 Å². The highest BCUT2D eigenvalue weighted by atomic mass is 35.5. The zero-order valence-corrected chi connectivity index (χ0v) is 17.7.